The minimum atomic E-state index is -0.396. The molecule has 2 N–H and O–H groups in total. The highest BCUT2D eigenvalue weighted by molar-refractivity contribution is 6.31. The summed E-state index contributed by atoms with van der Waals surface area (Å²) in [7, 11) is 3.45. The number of H-pyrrole nitrogens is 1. The molecule has 0 bridgehead atoms. The number of likely N-dealkylation sites (tertiary alicyclic amines) is 1. The molecule has 10 nitrogen and oxygen atoms in total. The lowest BCUT2D eigenvalue weighted by Gasteiger charge is -2.21. The molecular weight excluding hydrogens is 673 g/mol. The van der Waals surface area contributed by atoms with Gasteiger partial charge < -0.3 is 29.4 Å². The van der Waals surface area contributed by atoms with Crippen LogP contribution in [0.5, 0.6) is 5.88 Å². The number of imidazole rings is 1. The fourth-order valence-electron chi connectivity index (χ4n) is 6.40. The van der Waals surface area contributed by atoms with Crippen molar-refractivity contribution in [3.63, 3.8) is 0 Å². The van der Waals surface area contributed by atoms with Crippen LogP contribution in [0.3, 0.4) is 0 Å². The molecule has 4 heterocycles. The Morgan fingerprint density at radius 1 is 0.980 bits per heavy atom. The lowest BCUT2D eigenvalue weighted by Crippen LogP contribution is -2.38. The largest absolute Gasteiger partial charge is 0.471 e. The third-order valence-corrected chi connectivity index (χ3v) is 9.42. The van der Waals surface area contributed by atoms with Gasteiger partial charge in [0.05, 0.1) is 30.3 Å². The third-order valence-electron chi connectivity index (χ3n) is 8.93. The van der Waals surface area contributed by atoms with Crippen molar-refractivity contribution in [1.82, 2.24) is 29.3 Å². The Kier molecular flexibility index (Phi) is 9.22. The third kappa shape index (κ3) is 6.51. The van der Waals surface area contributed by atoms with E-state index in [9.17, 15) is 9.59 Å². The quantitative estimate of drug-likeness (QED) is 0.165. The first-order valence-electron chi connectivity index (χ1n) is 16.3. The van der Waals surface area contributed by atoms with Crippen LogP contribution in [0.25, 0.3) is 33.4 Å². The SMILES string of the molecule is C[C@@H](c1ccc(Cl)cc1)n1cnc(-c2ccccc2)c1-c1c(C(=O)Nc2cccnc2O[C@@H]2CCN(C(=O)N(C)C)C2)[nH]c2cc(Cl)ccc12. The molecule has 50 heavy (non-hydrogen) atoms. The number of nitrogens with one attached hydrogen (secondary N) is 2. The van der Waals surface area contributed by atoms with Crippen LogP contribution in [0.1, 0.15) is 35.4 Å². The predicted octanol–water partition coefficient (Wildman–Crippen LogP) is 8.40. The molecule has 1 fully saturated rings. The maximum Gasteiger partial charge on any atom is 0.319 e. The zero-order chi connectivity index (χ0) is 34.9. The average molecular weight is 709 g/mol. The Balaban J connectivity index is 1.31. The molecule has 6 aromatic rings. The maximum absolute atomic E-state index is 14.5. The molecule has 2 atom stereocenters. The second-order valence-corrected chi connectivity index (χ2v) is 13.3. The molecule has 254 valence electrons. The van der Waals surface area contributed by atoms with Gasteiger partial charge in [0.25, 0.3) is 5.91 Å². The topological polar surface area (TPSA) is 108 Å². The van der Waals surface area contributed by atoms with Gasteiger partial charge in [-0.25, -0.2) is 14.8 Å². The summed E-state index contributed by atoms with van der Waals surface area (Å²) in [5, 5.41) is 5.04. The summed E-state index contributed by atoms with van der Waals surface area (Å²) in [5.74, 6) is -0.121. The number of hydrogen-bond acceptors (Lipinski definition) is 5. The minimum Gasteiger partial charge on any atom is -0.471 e. The first kappa shape index (κ1) is 33.2. The van der Waals surface area contributed by atoms with Gasteiger partial charge in [-0.2, -0.15) is 0 Å². The number of pyridine rings is 1. The molecule has 0 saturated carbocycles. The van der Waals surface area contributed by atoms with E-state index in [1.54, 1.807) is 42.2 Å². The van der Waals surface area contributed by atoms with E-state index in [1.165, 1.54) is 0 Å². The van der Waals surface area contributed by atoms with Crippen LogP contribution in [0, 0.1) is 0 Å². The highest BCUT2D eigenvalue weighted by Crippen LogP contribution is 2.41. The standard InChI is InChI=1S/C38H35Cl2N7O3/c1-23(24-11-13-26(39)14-12-24)47-22-42-33(25-8-5-4-6-9-25)35(47)32-29-16-15-27(40)20-31(29)43-34(32)36(48)44-30-10-7-18-41-37(30)50-28-17-19-46(21-28)38(49)45(2)3/h4-16,18,20,22-23,28,43H,17,19,21H2,1-3H3,(H,44,48)/t23-,28+/m0/s1. The lowest BCUT2D eigenvalue weighted by molar-refractivity contribution is 0.102. The van der Waals surface area contributed by atoms with E-state index in [-0.39, 0.29) is 24.1 Å². The molecule has 0 unspecified atom stereocenters. The predicted molar refractivity (Wildman–Crippen MR) is 197 cm³/mol. The Bertz CT molecular complexity index is 2180. The molecular formula is C38H35Cl2N7O3. The number of halogens is 2. The summed E-state index contributed by atoms with van der Waals surface area (Å²) in [6.07, 6.45) is 3.80. The summed E-state index contributed by atoms with van der Waals surface area (Å²) in [4.78, 5) is 43.0. The van der Waals surface area contributed by atoms with Crippen LogP contribution in [-0.2, 0) is 0 Å². The summed E-state index contributed by atoms with van der Waals surface area (Å²) >= 11 is 12.7. The minimum absolute atomic E-state index is 0.0726. The number of ether oxygens (including phenoxy) is 1. The second kappa shape index (κ2) is 13.9. The number of nitrogens with zero attached hydrogens (tertiary/aromatic N) is 5. The molecule has 1 saturated heterocycles. The second-order valence-electron chi connectivity index (χ2n) is 12.5. The first-order chi connectivity index (χ1) is 24.2. The van der Waals surface area contributed by atoms with E-state index >= 15 is 0 Å². The van der Waals surface area contributed by atoms with Gasteiger partial charge in [-0.15, -0.1) is 0 Å². The van der Waals surface area contributed by atoms with Crippen LogP contribution in [0.2, 0.25) is 10.0 Å². The van der Waals surface area contributed by atoms with Crippen molar-refractivity contribution in [2.45, 2.75) is 25.5 Å². The van der Waals surface area contributed by atoms with E-state index in [1.807, 2.05) is 79.1 Å². The number of anilines is 1. The molecule has 3 aromatic heterocycles. The fourth-order valence-corrected chi connectivity index (χ4v) is 6.70. The Labute approximate surface area is 299 Å². The fraction of sp³-hybridized carbons (Fsp3) is 0.211. The number of rotatable bonds is 8. The van der Waals surface area contributed by atoms with Crippen LogP contribution in [-0.4, -0.2) is 74.5 Å². The number of aromatic nitrogens is 4. The first-order valence-corrected chi connectivity index (χ1v) is 17.0. The summed E-state index contributed by atoms with van der Waals surface area (Å²) in [6, 6.07) is 26.4. The van der Waals surface area contributed by atoms with Crippen LogP contribution in [0.4, 0.5) is 10.5 Å². The lowest BCUT2D eigenvalue weighted by atomic mass is 9.99. The van der Waals surface area contributed by atoms with Crippen molar-refractivity contribution in [3.05, 3.63) is 119 Å². The molecule has 7 rings (SSSR count). The Morgan fingerprint density at radius 2 is 1.74 bits per heavy atom. The van der Waals surface area contributed by atoms with Gasteiger partial charge in [0.1, 0.15) is 17.5 Å². The number of fused-ring (bicyclic) bond motifs is 1. The van der Waals surface area contributed by atoms with Crippen molar-refractivity contribution < 1.29 is 14.3 Å². The van der Waals surface area contributed by atoms with Crippen LogP contribution in [0.15, 0.2) is 97.5 Å². The molecule has 12 heteroatoms. The summed E-state index contributed by atoms with van der Waals surface area (Å²) in [5.41, 5.74) is 5.51. The van der Waals surface area contributed by atoms with Crippen molar-refractivity contribution in [1.29, 1.82) is 0 Å². The number of urea groups is 1. The molecule has 3 amide bonds. The number of carbonyl (C=O) groups excluding carboxylic acids is 2. The summed E-state index contributed by atoms with van der Waals surface area (Å²) in [6.45, 7) is 3.08. The normalized spacial score (nSPS) is 14.9. The van der Waals surface area contributed by atoms with Crippen molar-refractivity contribution in [3.8, 4) is 28.4 Å². The Morgan fingerprint density at radius 3 is 2.50 bits per heavy atom. The van der Waals surface area contributed by atoms with Gasteiger partial charge in [0, 0.05) is 65.3 Å². The summed E-state index contributed by atoms with van der Waals surface area (Å²) < 4.78 is 8.36. The molecule has 0 spiro atoms. The molecule has 0 aliphatic carbocycles. The van der Waals surface area contributed by atoms with Crippen molar-refractivity contribution >= 4 is 51.7 Å². The van der Waals surface area contributed by atoms with Gasteiger partial charge in [-0.3, -0.25) is 4.79 Å². The number of aromatic amines is 1. The number of carbonyl (C=O) groups is 2. The molecule has 1 aliphatic heterocycles. The number of amides is 3. The highest BCUT2D eigenvalue weighted by Gasteiger charge is 2.31. The molecule has 3 aromatic carbocycles. The maximum atomic E-state index is 14.5. The van der Waals surface area contributed by atoms with Gasteiger partial charge in [0.2, 0.25) is 5.88 Å². The molecule has 1 aliphatic rings. The van der Waals surface area contributed by atoms with Gasteiger partial charge in [-0.05, 0) is 48.9 Å². The van der Waals surface area contributed by atoms with Crippen LogP contribution < -0.4 is 10.1 Å². The van der Waals surface area contributed by atoms with Crippen LogP contribution >= 0.6 is 23.2 Å². The average Bonchev–Trinajstić information content (AvgIpc) is 3.86. The van der Waals surface area contributed by atoms with Crippen molar-refractivity contribution in [2.75, 3.05) is 32.5 Å². The van der Waals surface area contributed by atoms with E-state index in [2.05, 4.69) is 26.8 Å². The van der Waals surface area contributed by atoms with Gasteiger partial charge >= 0.3 is 6.03 Å². The van der Waals surface area contributed by atoms with E-state index in [0.717, 1.165) is 27.9 Å². The van der Waals surface area contributed by atoms with E-state index in [4.69, 9.17) is 32.9 Å². The van der Waals surface area contributed by atoms with Gasteiger partial charge in [0.15, 0.2) is 0 Å². The van der Waals surface area contributed by atoms with Gasteiger partial charge in [-0.1, -0.05) is 71.7 Å². The zero-order valence-electron chi connectivity index (χ0n) is 27.7. The van der Waals surface area contributed by atoms with Crippen molar-refractivity contribution in [2.24, 2.45) is 0 Å². The smallest absolute Gasteiger partial charge is 0.319 e. The number of hydrogen-bond donors (Lipinski definition) is 2. The highest BCUT2D eigenvalue weighted by atomic mass is 35.5. The molecule has 0 radical (unpaired) electrons. The Hall–Kier alpha value is -5.32. The zero-order valence-corrected chi connectivity index (χ0v) is 29.2. The number of benzene rings is 3. The monoisotopic (exact) mass is 707 g/mol. The van der Waals surface area contributed by atoms with E-state index < -0.39 is 5.91 Å². The van der Waals surface area contributed by atoms with E-state index in [0.29, 0.717) is 52.0 Å².